The summed E-state index contributed by atoms with van der Waals surface area (Å²) in [4.78, 5) is 26.5. The Morgan fingerprint density at radius 1 is 1.44 bits per heavy atom. The number of hydrogen-bond acceptors (Lipinski definition) is 5. The van der Waals surface area contributed by atoms with Crippen molar-refractivity contribution in [2.75, 3.05) is 26.0 Å². The van der Waals surface area contributed by atoms with E-state index in [1.807, 2.05) is 0 Å². The van der Waals surface area contributed by atoms with E-state index in [-0.39, 0.29) is 29.7 Å². The van der Waals surface area contributed by atoms with E-state index in [0.29, 0.717) is 18.7 Å². The number of carbonyl (C=O) groups is 2. The highest BCUT2D eigenvalue weighted by Crippen LogP contribution is 2.25. The summed E-state index contributed by atoms with van der Waals surface area (Å²) in [5, 5.41) is 4.10. The molecule has 2 N–H and O–H groups in total. The number of hydrogen-bond donors (Lipinski definition) is 1. The van der Waals surface area contributed by atoms with Crippen LogP contribution >= 0.6 is 0 Å². The van der Waals surface area contributed by atoms with E-state index in [0.717, 1.165) is 6.42 Å². The third-order valence-electron chi connectivity index (χ3n) is 4.27. The van der Waals surface area contributed by atoms with Crippen LogP contribution in [-0.2, 0) is 9.53 Å². The molecule has 0 spiro atoms. The van der Waals surface area contributed by atoms with Crippen molar-refractivity contribution in [3.8, 4) is 5.69 Å². The molecule has 3 rings (SSSR count). The number of benzene rings is 1. The molecular weight excluding hydrogens is 327 g/mol. The van der Waals surface area contributed by atoms with Gasteiger partial charge in [0.1, 0.15) is 18.2 Å². The third kappa shape index (κ3) is 3.25. The van der Waals surface area contributed by atoms with Crippen LogP contribution in [0.25, 0.3) is 5.69 Å². The predicted octanol–water partition coefficient (Wildman–Crippen LogP) is 1.41. The quantitative estimate of drug-likeness (QED) is 0.827. The number of nitrogens with zero attached hydrogens (tertiary/aromatic N) is 3. The summed E-state index contributed by atoms with van der Waals surface area (Å²) < 4.78 is 19.6. The molecule has 8 heteroatoms. The minimum absolute atomic E-state index is 0.0676. The SMILES string of the molecule is COCC(=O)N1CCC[C@@H]1C(=O)c1cnn(-c2cccc(F)c2)c1N. The molecule has 1 aromatic carbocycles. The Labute approximate surface area is 144 Å². The van der Waals surface area contributed by atoms with Gasteiger partial charge in [-0.15, -0.1) is 0 Å². The first-order valence-electron chi connectivity index (χ1n) is 7.95. The van der Waals surface area contributed by atoms with Crippen molar-refractivity contribution in [2.24, 2.45) is 0 Å². The number of nitrogens with two attached hydrogens (primary N) is 1. The zero-order chi connectivity index (χ0) is 18.0. The lowest BCUT2D eigenvalue weighted by Crippen LogP contribution is -2.42. The van der Waals surface area contributed by atoms with E-state index in [2.05, 4.69) is 5.10 Å². The molecule has 7 nitrogen and oxygen atoms in total. The molecule has 1 aliphatic rings. The number of amides is 1. The van der Waals surface area contributed by atoms with Crippen LogP contribution in [0.5, 0.6) is 0 Å². The van der Waals surface area contributed by atoms with Gasteiger partial charge >= 0.3 is 0 Å². The zero-order valence-electron chi connectivity index (χ0n) is 13.8. The fraction of sp³-hybridized carbons (Fsp3) is 0.353. The second kappa shape index (κ2) is 7.02. The normalized spacial score (nSPS) is 17.0. The van der Waals surface area contributed by atoms with E-state index in [4.69, 9.17) is 10.5 Å². The molecule has 132 valence electrons. The van der Waals surface area contributed by atoms with Gasteiger partial charge in [0.2, 0.25) is 5.91 Å². The fourth-order valence-corrected chi connectivity index (χ4v) is 3.09. The molecule has 1 atom stereocenters. The molecule has 0 bridgehead atoms. The van der Waals surface area contributed by atoms with Gasteiger partial charge in [-0.05, 0) is 31.0 Å². The third-order valence-corrected chi connectivity index (χ3v) is 4.27. The predicted molar refractivity (Wildman–Crippen MR) is 88.9 cm³/mol. The van der Waals surface area contributed by atoms with E-state index in [1.54, 1.807) is 6.07 Å². The number of Topliss-reactive ketones (excluding diaryl/α,β-unsaturated/α-hetero) is 1. The van der Waals surface area contributed by atoms with Crippen molar-refractivity contribution >= 4 is 17.5 Å². The molecule has 0 radical (unpaired) electrons. The Morgan fingerprint density at radius 3 is 2.96 bits per heavy atom. The van der Waals surface area contributed by atoms with Crippen molar-refractivity contribution in [3.05, 3.63) is 41.8 Å². The average Bonchev–Trinajstić information content (AvgIpc) is 3.21. The first-order chi connectivity index (χ1) is 12.0. The van der Waals surface area contributed by atoms with Crippen LogP contribution < -0.4 is 5.73 Å². The molecule has 25 heavy (non-hydrogen) atoms. The largest absolute Gasteiger partial charge is 0.383 e. The van der Waals surface area contributed by atoms with Crippen molar-refractivity contribution in [1.29, 1.82) is 0 Å². The van der Waals surface area contributed by atoms with Gasteiger partial charge in [-0.2, -0.15) is 5.10 Å². The van der Waals surface area contributed by atoms with Crippen molar-refractivity contribution in [3.63, 3.8) is 0 Å². The maximum absolute atomic E-state index is 13.4. The number of ketones is 1. The van der Waals surface area contributed by atoms with E-state index >= 15 is 0 Å². The number of likely N-dealkylation sites (tertiary alicyclic amines) is 1. The first kappa shape index (κ1) is 17.1. The summed E-state index contributed by atoms with van der Waals surface area (Å²) in [5.41, 5.74) is 6.72. The lowest BCUT2D eigenvalue weighted by Gasteiger charge is -2.23. The van der Waals surface area contributed by atoms with Gasteiger partial charge in [0.25, 0.3) is 0 Å². The van der Waals surface area contributed by atoms with Gasteiger partial charge in [0, 0.05) is 13.7 Å². The number of rotatable bonds is 5. The highest BCUT2D eigenvalue weighted by Gasteiger charge is 2.36. The number of halogens is 1. The maximum Gasteiger partial charge on any atom is 0.249 e. The second-order valence-electron chi connectivity index (χ2n) is 5.88. The zero-order valence-corrected chi connectivity index (χ0v) is 13.8. The second-order valence-corrected chi connectivity index (χ2v) is 5.88. The van der Waals surface area contributed by atoms with Crippen LogP contribution in [0.3, 0.4) is 0 Å². The Hall–Kier alpha value is -2.74. The average molecular weight is 346 g/mol. The maximum atomic E-state index is 13.4. The Bertz CT molecular complexity index is 805. The minimum atomic E-state index is -0.574. The van der Waals surface area contributed by atoms with E-state index in [1.165, 1.54) is 41.1 Å². The van der Waals surface area contributed by atoms with Gasteiger partial charge in [-0.1, -0.05) is 6.07 Å². The number of ether oxygens (including phenoxy) is 1. The van der Waals surface area contributed by atoms with Crippen LogP contribution in [0.1, 0.15) is 23.2 Å². The summed E-state index contributed by atoms with van der Waals surface area (Å²) in [6.07, 6.45) is 2.67. The fourth-order valence-electron chi connectivity index (χ4n) is 3.09. The highest BCUT2D eigenvalue weighted by molar-refractivity contribution is 6.05. The lowest BCUT2D eigenvalue weighted by molar-refractivity contribution is -0.135. The van der Waals surface area contributed by atoms with Crippen LogP contribution in [0, 0.1) is 5.82 Å². The van der Waals surface area contributed by atoms with Crippen molar-refractivity contribution in [2.45, 2.75) is 18.9 Å². The van der Waals surface area contributed by atoms with Crippen molar-refractivity contribution < 1.29 is 18.7 Å². The Balaban J connectivity index is 1.87. The van der Waals surface area contributed by atoms with Crippen LogP contribution in [-0.4, -0.2) is 52.7 Å². The molecule has 1 amide bonds. The van der Waals surface area contributed by atoms with Crippen LogP contribution in [0.4, 0.5) is 10.2 Å². The van der Waals surface area contributed by atoms with Crippen LogP contribution in [0.2, 0.25) is 0 Å². The Morgan fingerprint density at radius 2 is 2.24 bits per heavy atom. The molecule has 1 fully saturated rings. The molecule has 2 heterocycles. The van der Waals surface area contributed by atoms with Gasteiger partial charge in [-0.25, -0.2) is 9.07 Å². The number of carbonyl (C=O) groups excluding carboxylic acids is 2. The minimum Gasteiger partial charge on any atom is -0.383 e. The highest BCUT2D eigenvalue weighted by atomic mass is 19.1. The Kier molecular flexibility index (Phi) is 4.80. The van der Waals surface area contributed by atoms with Crippen LogP contribution in [0.15, 0.2) is 30.5 Å². The molecular formula is C17H19FN4O3. The van der Waals surface area contributed by atoms with Gasteiger partial charge in [-0.3, -0.25) is 9.59 Å². The number of nitrogen functional groups attached to an aromatic ring is 1. The summed E-state index contributed by atoms with van der Waals surface area (Å²) in [6, 6.07) is 5.20. The molecule has 0 saturated carbocycles. The topological polar surface area (TPSA) is 90.5 Å². The van der Waals surface area contributed by atoms with Crippen molar-refractivity contribution in [1.82, 2.24) is 14.7 Å². The van der Waals surface area contributed by atoms with Gasteiger partial charge < -0.3 is 15.4 Å². The molecule has 1 aliphatic heterocycles. The molecule has 0 unspecified atom stereocenters. The van der Waals surface area contributed by atoms with Gasteiger partial charge in [0.05, 0.1) is 23.5 Å². The van der Waals surface area contributed by atoms with E-state index in [9.17, 15) is 14.0 Å². The summed E-state index contributed by atoms with van der Waals surface area (Å²) in [5.74, 6) is -0.786. The number of anilines is 1. The number of aromatic nitrogens is 2. The lowest BCUT2D eigenvalue weighted by atomic mass is 10.0. The summed E-state index contributed by atoms with van der Waals surface area (Å²) >= 11 is 0. The van der Waals surface area contributed by atoms with Gasteiger partial charge in [0.15, 0.2) is 5.78 Å². The molecule has 2 aromatic rings. The summed E-state index contributed by atoms with van der Waals surface area (Å²) in [7, 11) is 1.44. The standard InChI is InChI=1S/C17H19FN4O3/c1-25-10-15(23)21-7-3-6-14(21)16(24)13-9-20-22(17(13)19)12-5-2-4-11(18)8-12/h2,4-5,8-9,14H,3,6-7,10,19H2,1H3/t14-/m1/s1. The monoisotopic (exact) mass is 346 g/mol. The summed E-state index contributed by atoms with van der Waals surface area (Å²) in [6.45, 7) is 0.443. The molecule has 0 aliphatic carbocycles. The smallest absolute Gasteiger partial charge is 0.249 e. The van der Waals surface area contributed by atoms with E-state index < -0.39 is 11.9 Å². The number of methoxy groups -OCH3 is 1. The molecule has 1 saturated heterocycles. The first-order valence-corrected chi connectivity index (χ1v) is 7.95. The molecule has 1 aromatic heterocycles.